The lowest BCUT2D eigenvalue weighted by Gasteiger charge is -2.13. The monoisotopic (exact) mass is 199 g/mol. The van der Waals surface area contributed by atoms with Crippen LogP contribution in [-0.2, 0) is 14.3 Å². The third-order valence-corrected chi connectivity index (χ3v) is 2.02. The van der Waals surface area contributed by atoms with Crippen molar-refractivity contribution >= 4 is 11.9 Å². The van der Waals surface area contributed by atoms with Gasteiger partial charge in [0.2, 0.25) is 0 Å². The molecular weight excluding hydrogens is 186 g/mol. The van der Waals surface area contributed by atoms with Gasteiger partial charge in [-0.3, -0.25) is 4.79 Å². The van der Waals surface area contributed by atoms with Crippen molar-refractivity contribution in [2.24, 2.45) is 0 Å². The lowest BCUT2D eigenvalue weighted by molar-refractivity contribution is -0.153. The fraction of sp³-hybridized carbons (Fsp3) is 0.556. The molecule has 0 radical (unpaired) electrons. The molecule has 1 heterocycles. The Balaban J connectivity index is 2.52. The van der Waals surface area contributed by atoms with Gasteiger partial charge in [0, 0.05) is 18.5 Å². The number of hydrogen-bond donors (Lipinski definition) is 1. The summed E-state index contributed by atoms with van der Waals surface area (Å²) in [4.78, 5) is 23.7. The van der Waals surface area contributed by atoms with Crippen LogP contribution in [0.2, 0.25) is 0 Å². The van der Waals surface area contributed by atoms with Crippen LogP contribution in [0.5, 0.6) is 0 Å². The zero-order valence-corrected chi connectivity index (χ0v) is 8.02. The zero-order chi connectivity index (χ0) is 10.7. The minimum absolute atomic E-state index is 0.264. The molecule has 0 aromatic heterocycles. The second-order valence-electron chi connectivity index (χ2n) is 3.21. The van der Waals surface area contributed by atoms with Crippen LogP contribution in [0.1, 0.15) is 13.3 Å². The average molecular weight is 199 g/mol. The standard InChI is InChI=1S/C9H13NO4/c1-6(2)9(13)14-7-3-4-10(5-11)8(7)12/h7,11H,1,3-5H2,2H3. The molecule has 1 amide bonds. The molecule has 0 aromatic carbocycles. The molecule has 1 atom stereocenters. The van der Waals surface area contributed by atoms with Gasteiger partial charge in [-0.25, -0.2) is 4.79 Å². The van der Waals surface area contributed by atoms with Crippen molar-refractivity contribution in [2.75, 3.05) is 13.3 Å². The van der Waals surface area contributed by atoms with E-state index in [4.69, 9.17) is 9.84 Å². The highest BCUT2D eigenvalue weighted by Gasteiger charge is 2.34. The summed E-state index contributed by atoms with van der Waals surface area (Å²) in [6, 6.07) is 0. The van der Waals surface area contributed by atoms with E-state index in [0.29, 0.717) is 13.0 Å². The molecule has 1 fully saturated rings. The fourth-order valence-corrected chi connectivity index (χ4v) is 1.19. The van der Waals surface area contributed by atoms with Gasteiger partial charge in [-0.05, 0) is 6.92 Å². The number of ether oxygens (including phenoxy) is 1. The Bertz CT molecular complexity index is 274. The topological polar surface area (TPSA) is 66.8 Å². The zero-order valence-electron chi connectivity index (χ0n) is 8.02. The van der Waals surface area contributed by atoms with Crippen molar-refractivity contribution in [2.45, 2.75) is 19.4 Å². The molecule has 0 spiro atoms. The van der Waals surface area contributed by atoms with Crippen molar-refractivity contribution < 1.29 is 19.4 Å². The first-order valence-corrected chi connectivity index (χ1v) is 4.32. The van der Waals surface area contributed by atoms with Crippen LogP contribution < -0.4 is 0 Å². The third-order valence-electron chi connectivity index (χ3n) is 2.02. The summed E-state index contributed by atoms with van der Waals surface area (Å²) in [5.74, 6) is -0.912. The van der Waals surface area contributed by atoms with Crippen LogP contribution in [0, 0.1) is 0 Å². The molecule has 1 N–H and O–H groups in total. The number of aliphatic hydroxyl groups is 1. The molecule has 1 unspecified atom stereocenters. The molecule has 1 saturated heterocycles. The summed E-state index contributed by atoms with van der Waals surface area (Å²) in [5, 5.41) is 8.74. The first kappa shape index (κ1) is 10.7. The summed E-state index contributed by atoms with van der Waals surface area (Å²) in [7, 11) is 0. The van der Waals surface area contributed by atoms with E-state index in [1.807, 2.05) is 0 Å². The van der Waals surface area contributed by atoms with Crippen molar-refractivity contribution in [3.63, 3.8) is 0 Å². The van der Waals surface area contributed by atoms with E-state index in [1.165, 1.54) is 11.8 Å². The van der Waals surface area contributed by atoms with E-state index < -0.39 is 12.1 Å². The molecule has 0 aliphatic carbocycles. The summed E-state index contributed by atoms with van der Waals surface area (Å²) >= 11 is 0. The summed E-state index contributed by atoms with van der Waals surface area (Å²) < 4.78 is 4.88. The second-order valence-corrected chi connectivity index (χ2v) is 3.21. The van der Waals surface area contributed by atoms with Gasteiger partial charge in [0.25, 0.3) is 5.91 Å². The van der Waals surface area contributed by atoms with Crippen LogP contribution in [0.4, 0.5) is 0 Å². The number of amides is 1. The molecule has 0 aromatic rings. The minimum Gasteiger partial charge on any atom is -0.449 e. The molecule has 0 bridgehead atoms. The van der Waals surface area contributed by atoms with Crippen LogP contribution in [0.15, 0.2) is 12.2 Å². The van der Waals surface area contributed by atoms with Gasteiger partial charge >= 0.3 is 5.97 Å². The molecule has 1 aliphatic heterocycles. The van der Waals surface area contributed by atoms with Gasteiger partial charge in [0.15, 0.2) is 6.10 Å². The number of carbonyl (C=O) groups is 2. The first-order chi connectivity index (χ1) is 6.56. The predicted molar refractivity (Wildman–Crippen MR) is 48.1 cm³/mol. The Morgan fingerprint density at radius 1 is 1.79 bits per heavy atom. The molecule has 5 nitrogen and oxygen atoms in total. The third kappa shape index (κ3) is 2.11. The highest BCUT2D eigenvalue weighted by atomic mass is 16.5. The van der Waals surface area contributed by atoms with E-state index in [0.717, 1.165) is 0 Å². The number of carbonyl (C=O) groups excluding carboxylic acids is 2. The molecule has 1 aliphatic rings. The van der Waals surface area contributed by atoms with E-state index in [2.05, 4.69) is 6.58 Å². The van der Waals surface area contributed by atoms with Crippen molar-refractivity contribution in [1.29, 1.82) is 0 Å². The Morgan fingerprint density at radius 3 is 2.86 bits per heavy atom. The van der Waals surface area contributed by atoms with E-state index in [1.54, 1.807) is 0 Å². The average Bonchev–Trinajstić information content (AvgIpc) is 2.47. The molecule has 0 saturated carbocycles. The molecule has 5 heteroatoms. The van der Waals surface area contributed by atoms with Gasteiger partial charge < -0.3 is 14.7 Å². The smallest absolute Gasteiger partial charge is 0.333 e. The highest BCUT2D eigenvalue weighted by Crippen LogP contribution is 2.14. The Hall–Kier alpha value is -1.36. The van der Waals surface area contributed by atoms with Crippen molar-refractivity contribution in [3.8, 4) is 0 Å². The first-order valence-electron chi connectivity index (χ1n) is 4.32. The largest absolute Gasteiger partial charge is 0.449 e. The number of nitrogens with zero attached hydrogens (tertiary/aromatic N) is 1. The second kappa shape index (κ2) is 4.23. The van der Waals surface area contributed by atoms with Gasteiger partial charge in [-0.15, -0.1) is 0 Å². The quantitative estimate of drug-likeness (QED) is 0.498. The number of esters is 1. The maximum absolute atomic E-state index is 11.4. The van der Waals surface area contributed by atoms with Crippen LogP contribution in [0.3, 0.4) is 0 Å². The lowest BCUT2D eigenvalue weighted by Crippen LogP contribution is -2.32. The number of rotatable bonds is 3. The number of hydrogen-bond acceptors (Lipinski definition) is 4. The number of likely N-dealkylation sites (tertiary alicyclic amines) is 1. The lowest BCUT2D eigenvalue weighted by atomic mass is 10.3. The Morgan fingerprint density at radius 2 is 2.43 bits per heavy atom. The summed E-state index contributed by atoms with van der Waals surface area (Å²) in [5.41, 5.74) is 0.264. The van der Waals surface area contributed by atoms with Gasteiger partial charge in [0.1, 0.15) is 6.73 Å². The van der Waals surface area contributed by atoms with Crippen molar-refractivity contribution in [3.05, 3.63) is 12.2 Å². The van der Waals surface area contributed by atoms with E-state index >= 15 is 0 Å². The Labute approximate surface area is 82.0 Å². The highest BCUT2D eigenvalue weighted by molar-refractivity contribution is 5.91. The molecule has 1 rings (SSSR count). The normalized spacial score (nSPS) is 21.1. The Kier molecular flexibility index (Phi) is 3.24. The summed E-state index contributed by atoms with van der Waals surface area (Å²) in [6.07, 6.45) is -0.329. The van der Waals surface area contributed by atoms with E-state index in [9.17, 15) is 9.59 Å². The number of aliphatic hydroxyl groups excluding tert-OH is 1. The summed E-state index contributed by atoms with van der Waals surface area (Å²) in [6.45, 7) is 5.02. The van der Waals surface area contributed by atoms with Gasteiger partial charge in [-0.1, -0.05) is 6.58 Å². The van der Waals surface area contributed by atoms with Crippen LogP contribution >= 0.6 is 0 Å². The van der Waals surface area contributed by atoms with Crippen LogP contribution in [0.25, 0.3) is 0 Å². The van der Waals surface area contributed by atoms with Crippen LogP contribution in [-0.4, -0.2) is 41.3 Å². The van der Waals surface area contributed by atoms with E-state index in [-0.39, 0.29) is 18.2 Å². The van der Waals surface area contributed by atoms with Crippen molar-refractivity contribution in [1.82, 2.24) is 4.90 Å². The molecular formula is C9H13NO4. The predicted octanol–water partition coefficient (Wildman–Crippen LogP) is -0.344. The van der Waals surface area contributed by atoms with Gasteiger partial charge in [0.05, 0.1) is 0 Å². The molecule has 78 valence electrons. The van der Waals surface area contributed by atoms with Gasteiger partial charge in [-0.2, -0.15) is 0 Å². The minimum atomic E-state index is -0.758. The fourth-order valence-electron chi connectivity index (χ4n) is 1.19. The maximum atomic E-state index is 11.4. The maximum Gasteiger partial charge on any atom is 0.333 e. The SMILES string of the molecule is C=C(C)C(=O)OC1CCN(CO)C1=O. The molecule has 14 heavy (non-hydrogen) atoms.